The third-order valence-corrected chi connectivity index (χ3v) is 4.76. The molecule has 20 heavy (non-hydrogen) atoms. The summed E-state index contributed by atoms with van der Waals surface area (Å²) in [6.45, 7) is 2.09. The van der Waals surface area contributed by atoms with Gasteiger partial charge in [-0.3, -0.25) is 0 Å². The Morgan fingerprint density at radius 2 is 2.05 bits per heavy atom. The summed E-state index contributed by atoms with van der Waals surface area (Å²) in [7, 11) is 0. The first kappa shape index (κ1) is 13.8. The first-order chi connectivity index (χ1) is 9.65. The van der Waals surface area contributed by atoms with E-state index in [9.17, 15) is 4.39 Å². The Hall–Kier alpha value is -1.19. The summed E-state index contributed by atoms with van der Waals surface area (Å²) in [6.07, 6.45) is 2.18. The summed E-state index contributed by atoms with van der Waals surface area (Å²) in [6, 6.07) is 13.7. The van der Waals surface area contributed by atoms with Crippen LogP contribution < -0.4 is 5.32 Å². The van der Waals surface area contributed by atoms with Gasteiger partial charge >= 0.3 is 0 Å². The molecule has 2 aromatic rings. The quantitative estimate of drug-likeness (QED) is 0.839. The number of fused-ring (bicyclic) bond motifs is 1. The van der Waals surface area contributed by atoms with Gasteiger partial charge in [0.1, 0.15) is 5.82 Å². The molecule has 3 rings (SSSR count). The Labute approximate surface area is 127 Å². The predicted molar refractivity (Wildman–Crippen MR) is 83.2 cm³/mol. The van der Waals surface area contributed by atoms with Crippen molar-refractivity contribution in [2.24, 2.45) is 0 Å². The lowest BCUT2D eigenvalue weighted by Crippen LogP contribution is -2.23. The Bertz CT molecular complexity index is 626. The summed E-state index contributed by atoms with van der Waals surface area (Å²) in [5.41, 5.74) is 3.76. The van der Waals surface area contributed by atoms with Crippen molar-refractivity contribution in [2.75, 3.05) is 0 Å². The van der Waals surface area contributed by atoms with E-state index in [-0.39, 0.29) is 11.9 Å². The van der Waals surface area contributed by atoms with Crippen LogP contribution in [-0.2, 0) is 6.42 Å². The van der Waals surface area contributed by atoms with Crippen molar-refractivity contribution in [2.45, 2.75) is 31.8 Å². The van der Waals surface area contributed by atoms with Crippen molar-refractivity contribution in [3.63, 3.8) is 0 Å². The molecule has 2 aromatic carbocycles. The smallest absolute Gasteiger partial charge is 0.123 e. The van der Waals surface area contributed by atoms with Crippen LogP contribution in [0.3, 0.4) is 0 Å². The van der Waals surface area contributed by atoms with Gasteiger partial charge in [0.25, 0.3) is 0 Å². The van der Waals surface area contributed by atoms with Gasteiger partial charge < -0.3 is 5.32 Å². The van der Waals surface area contributed by atoms with Crippen molar-refractivity contribution in [3.05, 3.63) is 69.4 Å². The normalized spacial score (nSPS) is 18.9. The highest BCUT2D eigenvalue weighted by Crippen LogP contribution is 2.36. The summed E-state index contributed by atoms with van der Waals surface area (Å²) < 4.78 is 14.5. The predicted octanol–water partition coefficient (Wildman–Crippen LogP) is 4.93. The molecule has 0 aromatic heterocycles. The van der Waals surface area contributed by atoms with Crippen LogP contribution in [-0.4, -0.2) is 0 Å². The average molecular weight is 334 g/mol. The molecule has 1 nitrogen and oxygen atoms in total. The summed E-state index contributed by atoms with van der Waals surface area (Å²) in [5.74, 6) is -0.175. The maximum absolute atomic E-state index is 13.3. The van der Waals surface area contributed by atoms with E-state index in [4.69, 9.17) is 0 Å². The van der Waals surface area contributed by atoms with Crippen molar-refractivity contribution in [3.8, 4) is 0 Å². The van der Waals surface area contributed by atoms with Crippen molar-refractivity contribution in [1.29, 1.82) is 0 Å². The molecule has 104 valence electrons. The molecule has 1 N–H and O–H groups in total. The largest absolute Gasteiger partial charge is 0.303 e. The number of benzene rings is 2. The minimum absolute atomic E-state index is 0.139. The van der Waals surface area contributed by atoms with Gasteiger partial charge in [-0.1, -0.05) is 40.2 Å². The number of rotatable bonds is 3. The molecule has 0 spiro atoms. The van der Waals surface area contributed by atoms with Gasteiger partial charge in [0.05, 0.1) is 0 Å². The Kier molecular flexibility index (Phi) is 3.90. The van der Waals surface area contributed by atoms with Crippen LogP contribution in [0.4, 0.5) is 4.39 Å². The topological polar surface area (TPSA) is 12.0 Å². The zero-order valence-corrected chi connectivity index (χ0v) is 13.0. The Morgan fingerprint density at radius 3 is 2.85 bits per heavy atom. The molecule has 3 heteroatoms. The summed E-state index contributed by atoms with van der Waals surface area (Å²) in [4.78, 5) is 0. The van der Waals surface area contributed by atoms with Gasteiger partial charge in [-0.05, 0) is 54.7 Å². The van der Waals surface area contributed by atoms with E-state index in [0.717, 1.165) is 18.4 Å². The molecule has 0 saturated heterocycles. The molecule has 0 fully saturated rings. The van der Waals surface area contributed by atoms with Crippen LogP contribution in [0.1, 0.15) is 42.1 Å². The summed E-state index contributed by atoms with van der Waals surface area (Å²) in [5, 5.41) is 3.62. The van der Waals surface area contributed by atoms with Gasteiger partial charge in [0.2, 0.25) is 0 Å². The highest BCUT2D eigenvalue weighted by molar-refractivity contribution is 9.10. The SMILES string of the molecule is C[C@@H](NC1CCc2c(Br)cccc21)c1cccc(F)c1. The van der Waals surface area contributed by atoms with Crippen LogP contribution in [0.5, 0.6) is 0 Å². The lowest BCUT2D eigenvalue weighted by Gasteiger charge is -2.21. The molecule has 0 radical (unpaired) electrons. The van der Waals surface area contributed by atoms with Crippen molar-refractivity contribution < 1.29 is 4.39 Å². The van der Waals surface area contributed by atoms with E-state index in [1.165, 1.54) is 21.7 Å². The van der Waals surface area contributed by atoms with Gasteiger partial charge in [-0.15, -0.1) is 0 Å². The third-order valence-electron chi connectivity index (χ3n) is 4.01. The standard InChI is InChI=1S/C17H17BrFN/c1-11(12-4-2-5-13(19)10-12)20-17-9-8-14-15(17)6-3-7-16(14)18/h2-7,10-11,17,20H,8-9H2,1H3/t11-,17?/m1/s1. The molecule has 0 bridgehead atoms. The van der Waals surface area contributed by atoms with E-state index in [1.54, 1.807) is 12.1 Å². The van der Waals surface area contributed by atoms with Crippen LogP contribution >= 0.6 is 15.9 Å². The molecule has 0 aliphatic heterocycles. The van der Waals surface area contributed by atoms with Gasteiger partial charge in [-0.25, -0.2) is 4.39 Å². The van der Waals surface area contributed by atoms with E-state index in [1.807, 2.05) is 6.07 Å². The molecular formula is C17H17BrFN. The zero-order chi connectivity index (χ0) is 14.1. The second-order valence-electron chi connectivity index (χ2n) is 5.34. The molecule has 2 atom stereocenters. The lowest BCUT2D eigenvalue weighted by molar-refractivity contribution is 0.463. The van der Waals surface area contributed by atoms with E-state index >= 15 is 0 Å². The third kappa shape index (κ3) is 2.65. The van der Waals surface area contributed by atoms with Crippen LogP contribution in [0.2, 0.25) is 0 Å². The van der Waals surface area contributed by atoms with Gasteiger partial charge in [0, 0.05) is 16.6 Å². The molecular weight excluding hydrogens is 317 g/mol. The number of hydrogen-bond acceptors (Lipinski definition) is 1. The zero-order valence-electron chi connectivity index (χ0n) is 11.4. The fraction of sp³-hybridized carbons (Fsp3) is 0.294. The van der Waals surface area contributed by atoms with Crippen LogP contribution in [0.25, 0.3) is 0 Å². The monoisotopic (exact) mass is 333 g/mol. The molecule has 1 unspecified atom stereocenters. The Morgan fingerprint density at radius 1 is 1.25 bits per heavy atom. The molecule has 1 aliphatic carbocycles. The molecule has 0 saturated carbocycles. The Balaban J connectivity index is 1.79. The van der Waals surface area contributed by atoms with Gasteiger partial charge in [0.15, 0.2) is 0 Å². The highest BCUT2D eigenvalue weighted by atomic mass is 79.9. The second kappa shape index (κ2) is 5.66. The summed E-state index contributed by atoms with van der Waals surface area (Å²) >= 11 is 3.62. The maximum Gasteiger partial charge on any atom is 0.123 e. The van der Waals surface area contributed by atoms with E-state index in [0.29, 0.717) is 6.04 Å². The van der Waals surface area contributed by atoms with Crippen LogP contribution in [0, 0.1) is 5.82 Å². The first-order valence-electron chi connectivity index (χ1n) is 6.94. The average Bonchev–Trinajstić information content (AvgIpc) is 2.83. The highest BCUT2D eigenvalue weighted by Gasteiger charge is 2.25. The molecule has 0 heterocycles. The second-order valence-corrected chi connectivity index (χ2v) is 6.20. The fourth-order valence-corrected chi connectivity index (χ4v) is 3.54. The van der Waals surface area contributed by atoms with E-state index < -0.39 is 0 Å². The van der Waals surface area contributed by atoms with Crippen LogP contribution in [0.15, 0.2) is 46.9 Å². The lowest BCUT2D eigenvalue weighted by atomic mass is 10.0. The van der Waals surface area contributed by atoms with Crippen molar-refractivity contribution >= 4 is 15.9 Å². The number of nitrogens with one attached hydrogen (secondary N) is 1. The maximum atomic E-state index is 13.3. The first-order valence-corrected chi connectivity index (χ1v) is 7.73. The number of hydrogen-bond donors (Lipinski definition) is 1. The molecule has 0 amide bonds. The van der Waals surface area contributed by atoms with Crippen molar-refractivity contribution in [1.82, 2.24) is 5.32 Å². The fourth-order valence-electron chi connectivity index (χ4n) is 2.96. The molecule has 1 aliphatic rings. The minimum atomic E-state index is -0.175. The minimum Gasteiger partial charge on any atom is -0.303 e. The number of halogens is 2. The van der Waals surface area contributed by atoms with E-state index in [2.05, 4.69) is 46.4 Å². The van der Waals surface area contributed by atoms with Gasteiger partial charge in [-0.2, -0.15) is 0 Å².